The van der Waals surface area contributed by atoms with Crippen LogP contribution in [-0.2, 0) is 10.0 Å². The molecular formula is C26H33F3N6O4S. The first-order valence-corrected chi connectivity index (χ1v) is 15.0. The number of nitrogens with one attached hydrogen (secondary N) is 2. The SMILES string of the molecule is Cc1cc(N2CCC(F)(F)CC2)nc(NC(=O)c2c(F)cc(NS(=O)(=O)CCO)cc2N2CCC3(CC2)CC3)n1. The predicted octanol–water partition coefficient (Wildman–Crippen LogP) is 3.53. The number of sulfonamides is 1. The van der Waals surface area contributed by atoms with E-state index in [0.29, 0.717) is 30.0 Å². The number of aliphatic hydroxyl groups excluding tert-OH is 1. The van der Waals surface area contributed by atoms with Gasteiger partial charge in [0.15, 0.2) is 0 Å². The first-order valence-electron chi connectivity index (χ1n) is 13.4. The molecule has 1 aromatic heterocycles. The van der Waals surface area contributed by atoms with E-state index < -0.39 is 40.0 Å². The van der Waals surface area contributed by atoms with E-state index in [2.05, 4.69) is 20.0 Å². The lowest BCUT2D eigenvalue weighted by molar-refractivity contribution is -0.0221. The third-order valence-corrected chi connectivity index (χ3v) is 9.20. The van der Waals surface area contributed by atoms with Crippen LogP contribution in [0.2, 0.25) is 0 Å². The molecular weight excluding hydrogens is 549 g/mol. The number of piperidine rings is 2. The van der Waals surface area contributed by atoms with Gasteiger partial charge >= 0.3 is 0 Å². The van der Waals surface area contributed by atoms with Crippen molar-refractivity contribution in [3.05, 3.63) is 35.3 Å². The Morgan fingerprint density at radius 2 is 1.65 bits per heavy atom. The van der Waals surface area contributed by atoms with Crippen LogP contribution < -0.4 is 19.8 Å². The summed E-state index contributed by atoms with van der Waals surface area (Å²) in [6.45, 7) is 2.44. The van der Waals surface area contributed by atoms with Crippen molar-refractivity contribution in [3.63, 3.8) is 0 Å². The molecule has 3 fully saturated rings. The van der Waals surface area contributed by atoms with Crippen molar-refractivity contribution in [2.24, 2.45) is 5.41 Å². The number of benzene rings is 1. The van der Waals surface area contributed by atoms with Gasteiger partial charge in [0.2, 0.25) is 16.0 Å². The van der Waals surface area contributed by atoms with Crippen LogP contribution in [0.4, 0.5) is 36.3 Å². The van der Waals surface area contributed by atoms with Crippen LogP contribution in [0, 0.1) is 18.2 Å². The second kappa shape index (κ2) is 10.7. The van der Waals surface area contributed by atoms with Gasteiger partial charge in [-0.15, -0.1) is 0 Å². The molecule has 0 atom stereocenters. The Bertz CT molecular complexity index is 1380. The van der Waals surface area contributed by atoms with Crippen molar-refractivity contribution in [3.8, 4) is 0 Å². The third kappa shape index (κ3) is 6.43. The standard InChI is InChI=1S/C26H33F3N6O4S/c1-17-14-21(35-10-6-26(28,29)7-11-35)31-24(30-17)32-23(37)22-19(27)15-18(33-40(38,39)13-12-36)16-20(22)34-8-4-25(2-3-25)5-9-34/h14-16,33,36H,2-13H2,1H3,(H,30,31,32,37). The maximum Gasteiger partial charge on any atom is 0.263 e. The van der Waals surface area contributed by atoms with Crippen LogP contribution in [-0.4, -0.2) is 73.9 Å². The zero-order valence-electron chi connectivity index (χ0n) is 22.2. The molecule has 5 rings (SSSR count). The van der Waals surface area contributed by atoms with Gasteiger partial charge in [0.1, 0.15) is 11.6 Å². The predicted molar refractivity (Wildman–Crippen MR) is 145 cm³/mol. The molecule has 1 amide bonds. The summed E-state index contributed by atoms with van der Waals surface area (Å²) in [6.07, 6.45) is 3.44. The van der Waals surface area contributed by atoms with Gasteiger partial charge in [-0.1, -0.05) is 0 Å². The fourth-order valence-corrected chi connectivity index (χ4v) is 6.19. The molecule has 14 heteroatoms. The molecule has 3 heterocycles. The fraction of sp³-hybridized carbons (Fsp3) is 0.577. The van der Waals surface area contributed by atoms with Crippen molar-refractivity contribution >= 4 is 39.1 Å². The molecule has 10 nitrogen and oxygen atoms in total. The number of aromatic nitrogens is 2. The summed E-state index contributed by atoms with van der Waals surface area (Å²) in [7, 11) is -3.92. The first kappa shape index (κ1) is 28.4. The number of hydrogen-bond acceptors (Lipinski definition) is 8. The number of rotatable bonds is 8. The Hall–Kier alpha value is -3.13. The normalized spacial score (nSPS) is 19.9. The molecule has 2 aliphatic heterocycles. The average molecular weight is 583 g/mol. The monoisotopic (exact) mass is 582 g/mol. The number of carbonyl (C=O) groups excluding carboxylic acids is 1. The Balaban J connectivity index is 1.43. The number of alkyl halides is 2. The summed E-state index contributed by atoms with van der Waals surface area (Å²) in [5.74, 6) is -4.74. The molecule has 0 bridgehead atoms. The molecule has 0 radical (unpaired) electrons. The first-order chi connectivity index (χ1) is 18.9. The molecule has 1 aliphatic carbocycles. The highest BCUT2D eigenvalue weighted by Gasteiger charge is 2.45. The maximum atomic E-state index is 15.6. The van der Waals surface area contributed by atoms with Crippen LogP contribution in [0.15, 0.2) is 18.2 Å². The van der Waals surface area contributed by atoms with E-state index in [4.69, 9.17) is 5.11 Å². The smallest absolute Gasteiger partial charge is 0.263 e. The van der Waals surface area contributed by atoms with E-state index in [1.807, 2.05) is 4.90 Å². The molecule has 0 unspecified atom stereocenters. The zero-order valence-corrected chi connectivity index (χ0v) is 23.0. The minimum Gasteiger partial charge on any atom is -0.395 e. The van der Waals surface area contributed by atoms with Gasteiger partial charge in [0.25, 0.3) is 11.8 Å². The van der Waals surface area contributed by atoms with Gasteiger partial charge in [-0.3, -0.25) is 14.8 Å². The number of hydrogen-bond donors (Lipinski definition) is 3. The number of nitrogens with zero attached hydrogens (tertiary/aromatic N) is 4. The zero-order chi connectivity index (χ0) is 28.7. The summed E-state index contributed by atoms with van der Waals surface area (Å²) in [6, 6.07) is 3.99. The highest BCUT2D eigenvalue weighted by Crippen LogP contribution is 2.54. The Labute approximate surface area is 231 Å². The number of aliphatic hydroxyl groups is 1. The Morgan fingerprint density at radius 3 is 2.27 bits per heavy atom. The molecule has 3 aliphatic rings. The molecule has 3 N–H and O–H groups in total. The Kier molecular flexibility index (Phi) is 7.59. The fourth-order valence-electron chi connectivity index (χ4n) is 5.37. The van der Waals surface area contributed by atoms with Gasteiger partial charge < -0.3 is 14.9 Å². The summed E-state index contributed by atoms with van der Waals surface area (Å²) < 4.78 is 69.6. The average Bonchev–Trinajstić information content (AvgIpc) is 3.61. The molecule has 1 aromatic carbocycles. The van der Waals surface area contributed by atoms with Crippen molar-refractivity contribution in [1.82, 2.24) is 9.97 Å². The van der Waals surface area contributed by atoms with Crippen LogP contribution >= 0.6 is 0 Å². The topological polar surface area (TPSA) is 128 Å². The molecule has 40 heavy (non-hydrogen) atoms. The summed E-state index contributed by atoms with van der Waals surface area (Å²) in [5.41, 5.74) is 0.710. The molecule has 1 spiro atoms. The van der Waals surface area contributed by atoms with E-state index >= 15 is 4.39 Å². The number of anilines is 4. The summed E-state index contributed by atoms with van der Waals surface area (Å²) in [4.78, 5) is 25.6. The third-order valence-electron chi connectivity index (χ3n) is 7.94. The lowest BCUT2D eigenvalue weighted by Crippen LogP contribution is -2.40. The summed E-state index contributed by atoms with van der Waals surface area (Å²) >= 11 is 0. The van der Waals surface area contributed by atoms with E-state index in [0.717, 1.165) is 31.7 Å². The van der Waals surface area contributed by atoms with Crippen molar-refractivity contribution in [2.45, 2.75) is 51.4 Å². The lowest BCUT2D eigenvalue weighted by atomic mass is 9.93. The van der Waals surface area contributed by atoms with Crippen molar-refractivity contribution < 1.29 is 31.5 Å². The minimum atomic E-state index is -3.92. The lowest BCUT2D eigenvalue weighted by Gasteiger charge is -2.35. The highest BCUT2D eigenvalue weighted by molar-refractivity contribution is 7.92. The van der Waals surface area contributed by atoms with Gasteiger partial charge in [-0.05, 0) is 50.2 Å². The second-order valence-electron chi connectivity index (χ2n) is 11.0. The second-order valence-corrected chi connectivity index (χ2v) is 12.8. The quantitative estimate of drug-likeness (QED) is 0.432. The van der Waals surface area contributed by atoms with Gasteiger partial charge in [0.05, 0.1) is 29.3 Å². The van der Waals surface area contributed by atoms with Gasteiger partial charge in [-0.2, -0.15) is 4.98 Å². The van der Waals surface area contributed by atoms with Crippen molar-refractivity contribution in [2.75, 3.05) is 58.4 Å². The van der Waals surface area contributed by atoms with Crippen LogP contribution in [0.1, 0.15) is 54.6 Å². The molecule has 1 saturated carbocycles. The Morgan fingerprint density at radius 1 is 1.00 bits per heavy atom. The highest BCUT2D eigenvalue weighted by atomic mass is 32.2. The van der Waals surface area contributed by atoms with Gasteiger partial charge in [0, 0.05) is 50.8 Å². The van der Waals surface area contributed by atoms with Crippen LogP contribution in [0.5, 0.6) is 0 Å². The number of aryl methyl sites for hydroxylation is 1. The largest absolute Gasteiger partial charge is 0.395 e. The molecule has 2 saturated heterocycles. The minimum absolute atomic E-state index is 0.0554. The maximum absolute atomic E-state index is 15.6. The summed E-state index contributed by atoms with van der Waals surface area (Å²) in [5, 5.41) is 11.6. The van der Waals surface area contributed by atoms with Crippen molar-refractivity contribution in [1.29, 1.82) is 0 Å². The molecule has 218 valence electrons. The number of carbonyl (C=O) groups is 1. The molecule has 2 aromatic rings. The van der Waals surface area contributed by atoms with E-state index in [1.54, 1.807) is 17.9 Å². The van der Waals surface area contributed by atoms with E-state index in [-0.39, 0.29) is 48.8 Å². The van der Waals surface area contributed by atoms with E-state index in [9.17, 15) is 22.0 Å². The van der Waals surface area contributed by atoms with Gasteiger partial charge in [-0.25, -0.2) is 26.6 Å². The van der Waals surface area contributed by atoms with Crippen LogP contribution in [0.3, 0.4) is 0 Å². The van der Waals surface area contributed by atoms with E-state index in [1.165, 1.54) is 6.07 Å². The number of halogens is 3. The number of amides is 1. The van der Waals surface area contributed by atoms with Crippen LogP contribution in [0.25, 0.3) is 0 Å².